The van der Waals surface area contributed by atoms with Crippen LogP contribution in [0, 0.1) is 12.7 Å². The molecule has 0 radical (unpaired) electrons. The summed E-state index contributed by atoms with van der Waals surface area (Å²) < 4.78 is 101. The van der Waals surface area contributed by atoms with Gasteiger partial charge in [-0.25, -0.2) is 18.6 Å². The molecule has 4 saturated heterocycles. The lowest BCUT2D eigenvalue weighted by Gasteiger charge is -2.47. The molecule has 1 amide bonds. The number of ether oxygens (including phenoxy) is 4. The fourth-order valence-corrected chi connectivity index (χ4v) is 10.7. The van der Waals surface area contributed by atoms with Gasteiger partial charge in [0.15, 0.2) is 5.82 Å². The molecule has 4 aliphatic heterocycles. The minimum atomic E-state index is -4.98. The summed E-state index contributed by atoms with van der Waals surface area (Å²) in [5.74, 6) is 0.368. The molecular formula is C47H51F5N8O6. The monoisotopic (exact) mass is 918 g/mol. The van der Waals surface area contributed by atoms with E-state index in [2.05, 4.69) is 15.0 Å². The molecule has 2 aromatic carbocycles. The van der Waals surface area contributed by atoms with Crippen molar-refractivity contribution >= 4 is 28.6 Å². The van der Waals surface area contributed by atoms with E-state index in [0.717, 1.165) is 17.5 Å². The van der Waals surface area contributed by atoms with Gasteiger partial charge in [-0.15, -0.1) is 0 Å². The number of hydrogen-bond acceptors (Lipinski definition) is 12. The van der Waals surface area contributed by atoms with Crippen LogP contribution >= 0.6 is 0 Å². The molecule has 4 aliphatic rings. The molecule has 0 spiro atoms. The molecular weight excluding hydrogens is 868 g/mol. The Labute approximate surface area is 378 Å². The van der Waals surface area contributed by atoms with Gasteiger partial charge in [-0.05, 0) is 86.2 Å². The summed E-state index contributed by atoms with van der Waals surface area (Å²) in [6.07, 6.45) is -3.11. The van der Waals surface area contributed by atoms with E-state index in [9.17, 15) is 14.3 Å². The molecule has 7 heterocycles. The number of methoxy groups -OCH3 is 3. The molecule has 350 valence electrons. The average molecular weight is 919 g/mol. The third-order valence-electron chi connectivity index (χ3n) is 13.6. The molecule has 19 heteroatoms. The van der Waals surface area contributed by atoms with E-state index in [1.807, 2.05) is 34.1 Å². The molecule has 0 saturated carbocycles. The highest BCUT2D eigenvalue weighted by molar-refractivity contribution is 5.92. The first-order valence-corrected chi connectivity index (χ1v) is 21.9. The van der Waals surface area contributed by atoms with E-state index in [1.54, 1.807) is 43.4 Å². The number of halogens is 5. The summed E-state index contributed by atoms with van der Waals surface area (Å²) in [6, 6.07) is 15.1. The number of amides is 1. The fraction of sp³-hybridized carbons (Fsp3) is 0.468. The summed E-state index contributed by atoms with van der Waals surface area (Å²) in [4.78, 5) is 37.9. The van der Waals surface area contributed by atoms with E-state index in [0.29, 0.717) is 37.3 Å². The largest absolute Gasteiger partial charge is 0.497 e. The lowest BCUT2D eigenvalue weighted by atomic mass is 9.95. The minimum Gasteiger partial charge on any atom is -0.497 e. The highest BCUT2D eigenvalue weighted by Crippen LogP contribution is 2.45. The number of carboxylic acid groups (broad SMARTS) is 1. The molecule has 0 aliphatic carbocycles. The van der Waals surface area contributed by atoms with Crippen LogP contribution in [-0.2, 0) is 24.0 Å². The van der Waals surface area contributed by atoms with E-state index < -0.39 is 58.3 Å². The van der Waals surface area contributed by atoms with Crippen LogP contribution in [0.5, 0.6) is 17.5 Å². The number of benzene rings is 2. The van der Waals surface area contributed by atoms with Crippen molar-refractivity contribution in [1.29, 1.82) is 0 Å². The van der Waals surface area contributed by atoms with Crippen LogP contribution in [0.3, 0.4) is 0 Å². The normalized spacial score (nSPS) is 22.8. The molecule has 0 unspecified atom stereocenters. The summed E-state index contributed by atoms with van der Waals surface area (Å²) in [6.45, 7) is 3.04. The Balaban J connectivity index is 1.18. The van der Waals surface area contributed by atoms with Gasteiger partial charge in [0.05, 0.1) is 48.9 Å². The van der Waals surface area contributed by atoms with Gasteiger partial charge in [-0.2, -0.15) is 23.1 Å². The number of piperazine rings is 1. The van der Waals surface area contributed by atoms with Crippen molar-refractivity contribution < 1.29 is 50.8 Å². The summed E-state index contributed by atoms with van der Waals surface area (Å²) >= 11 is 0. The number of pyridine rings is 2. The third kappa shape index (κ3) is 8.35. The quantitative estimate of drug-likeness (QED) is 0.108. The lowest BCUT2D eigenvalue weighted by Crippen LogP contribution is -2.65. The lowest BCUT2D eigenvalue weighted by molar-refractivity contribution is -0.137. The zero-order valence-corrected chi connectivity index (χ0v) is 37.1. The van der Waals surface area contributed by atoms with Gasteiger partial charge < -0.3 is 33.9 Å². The summed E-state index contributed by atoms with van der Waals surface area (Å²) in [5, 5.41) is 10.4. The van der Waals surface area contributed by atoms with Gasteiger partial charge in [0, 0.05) is 52.5 Å². The van der Waals surface area contributed by atoms with Gasteiger partial charge >= 0.3 is 18.3 Å². The van der Waals surface area contributed by atoms with E-state index in [1.165, 1.54) is 31.2 Å². The molecule has 2 bridgehead atoms. The molecule has 3 aromatic heterocycles. The smallest absolute Gasteiger partial charge is 0.418 e. The molecule has 1 N–H and O–H groups in total. The van der Waals surface area contributed by atoms with Crippen molar-refractivity contribution in [2.45, 2.75) is 81.6 Å². The molecule has 4 fully saturated rings. The first kappa shape index (κ1) is 45.1. The van der Waals surface area contributed by atoms with Crippen LogP contribution in [0.1, 0.15) is 54.4 Å². The maximum Gasteiger partial charge on any atom is 0.418 e. The Morgan fingerprint density at radius 2 is 1.59 bits per heavy atom. The predicted molar refractivity (Wildman–Crippen MR) is 234 cm³/mol. The SMILES string of the molecule is COC[C@@]12CC[C@@H](CN(c3nc(OC[C@@]45CCCN4C[C@H](F)C5)nc4c(F)c(-c5nc(N(Cc6ccc(OC)cc6)Cc6ccc(OC)cc6)cc(C)c5C(F)(F)F)ncc34)C1)N2C(=O)O. The van der Waals surface area contributed by atoms with E-state index in [-0.39, 0.29) is 86.5 Å². The van der Waals surface area contributed by atoms with Gasteiger partial charge in [0.25, 0.3) is 0 Å². The Kier molecular flexibility index (Phi) is 12.0. The minimum absolute atomic E-state index is 0.000197. The van der Waals surface area contributed by atoms with Crippen molar-refractivity contribution in [2.75, 3.05) is 70.5 Å². The van der Waals surface area contributed by atoms with Crippen LogP contribution < -0.4 is 24.0 Å². The van der Waals surface area contributed by atoms with E-state index in [4.69, 9.17) is 23.9 Å². The van der Waals surface area contributed by atoms with Gasteiger partial charge in [0.2, 0.25) is 0 Å². The average Bonchev–Trinajstić information content (AvgIpc) is 3.90. The molecule has 9 rings (SSSR count). The molecule has 66 heavy (non-hydrogen) atoms. The third-order valence-corrected chi connectivity index (χ3v) is 13.6. The van der Waals surface area contributed by atoms with Gasteiger partial charge in [0.1, 0.15) is 52.8 Å². The van der Waals surface area contributed by atoms with Crippen molar-refractivity contribution in [3.8, 4) is 28.9 Å². The number of nitrogens with zero attached hydrogens (tertiary/aromatic N) is 8. The van der Waals surface area contributed by atoms with Crippen LogP contribution in [0.4, 0.5) is 38.4 Å². The number of rotatable bonds is 14. The Morgan fingerprint density at radius 3 is 2.21 bits per heavy atom. The van der Waals surface area contributed by atoms with Gasteiger partial charge in [-0.3, -0.25) is 14.8 Å². The number of aryl methyl sites for hydroxylation is 1. The number of fused-ring (bicyclic) bond motifs is 4. The van der Waals surface area contributed by atoms with Crippen LogP contribution in [0.15, 0.2) is 60.8 Å². The van der Waals surface area contributed by atoms with Crippen molar-refractivity contribution in [3.63, 3.8) is 0 Å². The zero-order valence-electron chi connectivity index (χ0n) is 37.1. The number of alkyl halides is 4. The summed E-state index contributed by atoms with van der Waals surface area (Å²) in [5.41, 5.74) is -3.13. The first-order chi connectivity index (χ1) is 31.6. The standard InChI is InChI=1S/C47H51F5N8O6/c1-28-18-36(57(21-29-6-10-33(64-3)11-7-29)22-30-8-12-34(65-4)13-9-30)54-40(37(28)47(50,51)52)41-38(49)39-35(20-53-41)42(58-24-32-14-16-46(25-58,26-63-2)60(32)44(61)62)56-43(55-39)66-27-45-15-5-17-59(45)23-31(48)19-45/h6-13,18,20,31-32H,5,14-17,19,21-27H2,1-4H3,(H,61,62)/t31-,32+,45+,46-/m1/s1. The molecule has 4 atom stereocenters. The molecule has 5 aromatic rings. The number of hydrogen-bond donors (Lipinski definition) is 1. The zero-order chi connectivity index (χ0) is 46.5. The Bertz CT molecular complexity index is 2550. The number of anilines is 2. The first-order valence-electron chi connectivity index (χ1n) is 21.9. The second kappa shape index (κ2) is 17.6. The van der Waals surface area contributed by atoms with Crippen molar-refractivity contribution in [1.82, 2.24) is 29.7 Å². The number of carbonyl (C=O) groups is 1. The van der Waals surface area contributed by atoms with Crippen LogP contribution in [-0.4, -0.2) is 125 Å². The predicted octanol–water partition coefficient (Wildman–Crippen LogP) is 8.08. The number of aromatic nitrogens is 4. The maximum atomic E-state index is 17.7. The topological polar surface area (TPSA) is 139 Å². The van der Waals surface area contributed by atoms with Crippen LogP contribution in [0.25, 0.3) is 22.3 Å². The second-order valence-electron chi connectivity index (χ2n) is 17.8. The Morgan fingerprint density at radius 1 is 0.909 bits per heavy atom. The van der Waals surface area contributed by atoms with Crippen molar-refractivity contribution in [2.24, 2.45) is 0 Å². The molecule has 14 nitrogen and oxygen atoms in total. The Hall–Kier alpha value is -6.08. The summed E-state index contributed by atoms with van der Waals surface area (Å²) in [7, 11) is 4.59. The van der Waals surface area contributed by atoms with Gasteiger partial charge in [-0.1, -0.05) is 24.3 Å². The highest BCUT2D eigenvalue weighted by atomic mass is 19.4. The van der Waals surface area contributed by atoms with E-state index >= 15 is 17.6 Å². The fourth-order valence-electron chi connectivity index (χ4n) is 10.7. The highest BCUT2D eigenvalue weighted by Gasteiger charge is 2.55. The van der Waals surface area contributed by atoms with Crippen LogP contribution in [0.2, 0.25) is 0 Å². The van der Waals surface area contributed by atoms with Crippen molar-refractivity contribution in [3.05, 3.63) is 88.9 Å². The maximum absolute atomic E-state index is 17.7. The second-order valence-corrected chi connectivity index (χ2v) is 17.8.